The Morgan fingerprint density at radius 3 is 2.76 bits per heavy atom. The molecule has 5 heteroatoms. The van der Waals surface area contributed by atoms with Crippen LogP contribution in [0.2, 0.25) is 0 Å². The van der Waals surface area contributed by atoms with E-state index < -0.39 is 11.7 Å². The number of carbonyl (C=O) groups excluding carboxylic acids is 1. The Morgan fingerprint density at radius 2 is 2.29 bits per heavy atom. The van der Waals surface area contributed by atoms with Crippen molar-refractivity contribution in [2.24, 2.45) is 5.73 Å². The van der Waals surface area contributed by atoms with Crippen LogP contribution in [0.1, 0.15) is 31.6 Å². The lowest BCUT2D eigenvalue weighted by Crippen LogP contribution is -2.36. The summed E-state index contributed by atoms with van der Waals surface area (Å²) in [5.74, 6) is 0.155. The number of hydrogen-bond donors (Lipinski definition) is 2. The predicted molar refractivity (Wildman–Crippen MR) is 70.4 cm³/mol. The van der Waals surface area contributed by atoms with Crippen LogP contribution in [0.5, 0.6) is 0 Å². The summed E-state index contributed by atoms with van der Waals surface area (Å²) in [6.07, 6.45) is -0.396. The van der Waals surface area contributed by atoms with E-state index in [0.717, 1.165) is 0 Å². The second-order valence-electron chi connectivity index (χ2n) is 4.83. The topological polar surface area (TPSA) is 64.3 Å². The molecule has 0 saturated carbocycles. The summed E-state index contributed by atoms with van der Waals surface area (Å²) in [6, 6.07) is 4.01. The summed E-state index contributed by atoms with van der Waals surface area (Å²) >= 11 is 1.65. The van der Waals surface area contributed by atoms with E-state index in [-0.39, 0.29) is 5.92 Å². The molecule has 1 heterocycles. The van der Waals surface area contributed by atoms with Gasteiger partial charge in [-0.15, -0.1) is 11.3 Å². The van der Waals surface area contributed by atoms with Gasteiger partial charge in [0.15, 0.2) is 0 Å². The van der Waals surface area contributed by atoms with Crippen molar-refractivity contribution in [2.75, 3.05) is 13.1 Å². The molecule has 0 bridgehead atoms. The van der Waals surface area contributed by atoms with Gasteiger partial charge in [-0.3, -0.25) is 0 Å². The summed E-state index contributed by atoms with van der Waals surface area (Å²) in [5.41, 5.74) is 5.22. The molecule has 0 spiro atoms. The first kappa shape index (κ1) is 14.0. The fraction of sp³-hybridized carbons (Fsp3) is 0.583. The van der Waals surface area contributed by atoms with Gasteiger partial charge < -0.3 is 15.8 Å². The number of amides is 1. The van der Waals surface area contributed by atoms with E-state index in [2.05, 4.69) is 5.32 Å². The van der Waals surface area contributed by atoms with Gasteiger partial charge in [-0.1, -0.05) is 6.07 Å². The average molecular weight is 256 g/mol. The van der Waals surface area contributed by atoms with Crippen LogP contribution in [0, 0.1) is 0 Å². The zero-order valence-corrected chi connectivity index (χ0v) is 11.3. The molecular weight excluding hydrogens is 236 g/mol. The van der Waals surface area contributed by atoms with Gasteiger partial charge in [0.25, 0.3) is 0 Å². The van der Waals surface area contributed by atoms with E-state index in [9.17, 15) is 4.79 Å². The second-order valence-corrected chi connectivity index (χ2v) is 5.81. The monoisotopic (exact) mass is 256 g/mol. The molecule has 17 heavy (non-hydrogen) atoms. The Kier molecular flexibility index (Phi) is 4.96. The highest BCUT2D eigenvalue weighted by Crippen LogP contribution is 2.19. The summed E-state index contributed by atoms with van der Waals surface area (Å²) in [6.45, 7) is 6.53. The number of alkyl carbamates (subject to hydrolysis) is 1. The maximum atomic E-state index is 11.5. The third-order valence-electron chi connectivity index (χ3n) is 2.12. The predicted octanol–water partition coefficient (Wildman–Crippen LogP) is 2.32. The third-order valence-corrected chi connectivity index (χ3v) is 3.16. The molecule has 96 valence electrons. The fourth-order valence-electron chi connectivity index (χ4n) is 1.34. The van der Waals surface area contributed by atoms with E-state index >= 15 is 0 Å². The number of nitrogens with two attached hydrogens (primary N) is 1. The Morgan fingerprint density at radius 1 is 1.59 bits per heavy atom. The highest BCUT2D eigenvalue weighted by atomic mass is 32.1. The quantitative estimate of drug-likeness (QED) is 0.869. The van der Waals surface area contributed by atoms with Gasteiger partial charge in [-0.05, 0) is 32.2 Å². The molecule has 1 aromatic rings. The van der Waals surface area contributed by atoms with Gasteiger partial charge in [-0.2, -0.15) is 0 Å². The lowest BCUT2D eigenvalue weighted by Gasteiger charge is -2.21. The van der Waals surface area contributed by atoms with Gasteiger partial charge >= 0.3 is 6.09 Å². The van der Waals surface area contributed by atoms with Crippen LogP contribution in [0.3, 0.4) is 0 Å². The van der Waals surface area contributed by atoms with Crippen LogP contribution in [0.25, 0.3) is 0 Å². The maximum absolute atomic E-state index is 11.5. The summed E-state index contributed by atoms with van der Waals surface area (Å²) in [4.78, 5) is 12.7. The molecule has 0 radical (unpaired) electrons. The first-order valence-electron chi connectivity index (χ1n) is 5.62. The van der Waals surface area contributed by atoms with Crippen molar-refractivity contribution in [3.63, 3.8) is 0 Å². The lowest BCUT2D eigenvalue weighted by atomic mass is 10.1. The van der Waals surface area contributed by atoms with Gasteiger partial charge in [0.05, 0.1) is 0 Å². The van der Waals surface area contributed by atoms with Crippen molar-refractivity contribution in [3.05, 3.63) is 22.4 Å². The molecule has 0 aliphatic rings. The van der Waals surface area contributed by atoms with Crippen LogP contribution in [-0.4, -0.2) is 24.8 Å². The molecule has 0 fully saturated rings. The normalized spacial score (nSPS) is 13.2. The van der Waals surface area contributed by atoms with E-state index in [1.807, 2.05) is 38.3 Å². The Hall–Kier alpha value is -1.07. The van der Waals surface area contributed by atoms with Crippen LogP contribution < -0.4 is 11.1 Å². The molecule has 1 unspecified atom stereocenters. The highest BCUT2D eigenvalue weighted by molar-refractivity contribution is 7.10. The molecule has 4 nitrogen and oxygen atoms in total. The van der Waals surface area contributed by atoms with Crippen molar-refractivity contribution in [2.45, 2.75) is 32.3 Å². The molecule has 3 N–H and O–H groups in total. The zero-order valence-electron chi connectivity index (χ0n) is 10.5. The highest BCUT2D eigenvalue weighted by Gasteiger charge is 2.17. The summed E-state index contributed by atoms with van der Waals surface area (Å²) in [7, 11) is 0. The largest absolute Gasteiger partial charge is 0.444 e. The lowest BCUT2D eigenvalue weighted by molar-refractivity contribution is 0.0525. The molecule has 1 aromatic heterocycles. The molecule has 0 aliphatic carbocycles. The third kappa shape index (κ3) is 5.19. The second kappa shape index (κ2) is 6.02. The minimum absolute atomic E-state index is 0.155. The van der Waals surface area contributed by atoms with E-state index in [4.69, 9.17) is 10.5 Å². The number of thiophene rings is 1. The Balaban J connectivity index is 2.41. The van der Waals surface area contributed by atoms with Gasteiger partial charge in [-0.25, -0.2) is 4.79 Å². The van der Waals surface area contributed by atoms with E-state index in [0.29, 0.717) is 13.1 Å². The summed E-state index contributed by atoms with van der Waals surface area (Å²) in [5, 5.41) is 4.75. The Bertz CT molecular complexity index is 344. The SMILES string of the molecule is CC(C)(C)OC(=O)NCC(CN)c1cccs1. The minimum atomic E-state index is -0.467. The molecule has 1 amide bonds. The van der Waals surface area contributed by atoms with Crippen molar-refractivity contribution in [3.8, 4) is 0 Å². The first-order valence-corrected chi connectivity index (χ1v) is 6.50. The maximum Gasteiger partial charge on any atom is 0.407 e. The number of nitrogens with one attached hydrogen (secondary N) is 1. The van der Waals surface area contributed by atoms with Gasteiger partial charge in [0, 0.05) is 23.9 Å². The molecule has 0 saturated heterocycles. The van der Waals surface area contributed by atoms with Gasteiger partial charge in [0.1, 0.15) is 5.60 Å². The molecule has 0 aliphatic heterocycles. The van der Waals surface area contributed by atoms with Gasteiger partial charge in [0.2, 0.25) is 0 Å². The summed E-state index contributed by atoms with van der Waals surface area (Å²) < 4.78 is 5.16. The van der Waals surface area contributed by atoms with Crippen LogP contribution in [0.15, 0.2) is 17.5 Å². The number of hydrogen-bond acceptors (Lipinski definition) is 4. The molecule has 0 aromatic carbocycles. The molecular formula is C12H20N2O2S. The van der Waals surface area contributed by atoms with E-state index in [1.54, 1.807) is 11.3 Å². The standard InChI is InChI=1S/C12H20N2O2S/c1-12(2,3)16-11(15)14-8-9(7-13)10-5-4-6-17-10/h4-6,9H,7-8,13H2,1-3H3,(H,14,15). The number of carbonyl (C=O) groups is 1. The molecule has 1 atom stereocenters. The van der Waals surface area contributed by atoms with Crippen LogP contribution in [-0.2, 0) is 4.74 Å². The first-order chi connectivity index (χ1) is 7.92. The van der Waals surface area contributed by atoms with E-state index in [1.165, 1.54) is 4.88 Å². The molecule has 1 rings (SSSR count). The number of ether oxygens (including phenoxy) is 1. The van der Waals surface area contributed by atoms with Crippen molar-refractivity contribution >= 4 is 17.4 Å². The minimum Gasteiger partial charge on any atom is -0.444 e. The zero-order chi connectivity index (χ0) is 12.9. The number of rotatable bonds is 4. The Labute approximate surface area is 106 Å². The van der Waals surface area contributed by atoms with Crippen molar-refractivity contribution in [1.82, 2.24) is 5.32 Å². The smallest absolute Gasteiger partial charge is 0.407 e. The van der Waals surface area contributed by atoms with Crippen molar-refractivity contribution in [1.29, 1.82) is 0 Å². The van der Waals surface area contributed by atoms with Crippen molar-refractivity contribution < 1.29 is 9.53 Å². The van der Waals surface area contributed by atoms with Crippen LogP contribution in [0.4, 0.5) is 4.79 Å². The fourth-order valence-corrected chi connectivity index (χ4v) is 2.19. The van der Waals surface area contributed by atoms with Crippen LogP contribution >= 0.6 is 11.3 Å². The average Bonchev–Trinajstić information content (AvgIpc) is 2.69.